The molecule has 0 radical (unpaired) electrons. The van der Waals surface area contributed by atoms with E-state index in [0.717, 1.165) is 0 Å². The van der Waals surface area contributed by atoms with Gasteiger partial charge in [-0.15, -0.1) is 0 Å². The van der Waals surface area contributed by atoms with Gasteiger partial charge < -0.3 is 5.32 Å². The van der Waals surface area contributed by atoms with Crippen LogP contribution in [0.5, 0.6) is 0 Å². The lowest BCUT2D eigenvalue weighted by Gasteiger charge is -2.15. The number of hydrogen-bond acceptors (Lipinski definition) is 2. The molecule has 78 valence electrons. The molecule has 2 nitrogen and oxygen atoms in total. The average molecular weight is 265 g/mol. The average Bonchev–Trinajstić information content (AvgIpc) is 2.09. The van der Waals surface area contributed by atoms with E-state index in [0.29, 0.717) is 16.0 Å². The summed E-state index contributed by atoms with van der Waals surface area (Å²) in [6, 6.07) is 2.58. The van der Waals surface area contributed by atoms with Crippen molar-refractivity contribution in [1.82, 2.24) is 4.98 Å². The zero-order valence-electron chi connectivity index (χ0n) is 7.89. The molecule has 5 heteroatoms. The number of nitrogens with one attached hydrogen (secondary N) is 1. The van der Waals surface area contributed by atoms with Gasteiger partial charge in [-0.2, -0.15) is 0 Å². The van der Waals surface area contributed by atoms with Gasteiger partial charge in [-0.25, -0.2) is 13.8 Å². The summed E-state index contributed by atoms with van der Waals surface area (Å²) in [4.78, 5) is 4.10. The van der Waals surface area contributed by atoms with Gasteiger partial charge in [0.25, 0.3) is 6.43 Å². The summed E-state index contributed by atoms with van der Waals surface area (Å²) in [5.41, 5.74) is 1.34. The van der Waals surface area contributed by atoms with Gasteiger partial charge in [0.1, 0.15) is 4.60 Å². The van der Waals surface area contributed by atoms with Crippen molar-refractivity contribution in [1.29, 1.82) is 0 Å². The lowest BCUT2D eigenvalue weighted by molar-refractivity contribution is 0.130. The van der Waals surface area contributed by atoms with Crippen molar-refractivity contribution in [3.05, 3.63) is 22.4 Å². The van der Waals surface area contributed by atoms with Crippen LogP contribution in [0, 0.1) is 6.92 Å². The number of aromatic nitrogens is 1. The second-order valence-electron chi connectivity index (χ2n) is 3.03. The highest BCUT2D eigenvalue weighted by Crippen LogP contribution is 2.18. The number of pyridine rings is 1. The van der Waals surface area contributed by atoms with Crippen LogP contribution in [-0.4, -0.2) is 17.5 Å². The Balaban J connectivity index is 2.77. The van der Waals surface area contributed by atoms with Crippen LogP contribution < -0.4 is 5.32 Å². The first-order valence-corrected chi connectivity index (χ1v) is 4.98. The third kappa shape index (κ3) is 2.90. The highest BCUT2D eigenvalue weighted by Gasteiger charge is 2.14. The predicted octanol–water partition coefficient (Wildman–Crippen LogP) is 3.22. The Labute approximate surface area is 89.9 Å². The van der Waals surface area contributed by atoms with Crippen LogP contribution >= 0.6 is 15.9 Å². The van der Waals surface area contributed by atoms with E-state index in [2.05, 4.69) is 26.2 Å². The molecule has 1 heterocycles. The number of nitrogens with zero attached hydrogens (tertiary/aromatic N) is 1. The highest BCUT2D eigenvalue weighted by molar-refractivity contribution is 9.10. The molecule has 1 N–H and O–H groups in total. The van der Waals surface area contributed by atoms with Crippen LogP contribution in [0.15, 0.2) is 16.7 Å². The molecule has 0 bridgehead atoms. The lowest BCUT2D eigenvalue weighted by Crippen LogP contribution is -2.24. The highest BCUT2D eigenvalue weighted by atomic mass is 79.9. The van der Waals surface area contributed by atoms with Gasteiger partial charge in [0.05, 0.1) is 17.4 Å². The summed E-state index contributed by atoms with van der Waals surface area (Å²) in [7, 11) is 0. The minimum Gasteiger partial charge on any atom is -0.375 e. The molecule has 0 fully saturated rings. The SMILES string of the molecule is Cc1nc(Br)ccc1NC(C)C(F)F. The molecular formula is C9H11BrF2N2. The topological polar surface area (TPSA) is 24.9 Å². The first kappa shape index (κ1) is 11.4. The second kappa shape index (κ2) is 4.68. The molecule has 0 aliphatic heterocycles. The predicted molar refractivity (Wildman–Crippen MR) is 55.8 cm³/mol. The molecule has 0 aliphatic rings. The zero-order chi connectivity index (χ0) is 10.7. The van der Waals surface area contributed by atoms with E-state index in [1.54, 1.807) is 19.1 Å². The summed E-state index contributed by atoms with van der Waals surface area (Å²) in [5, 5.41) is 2.70. The molecule has 1 unspecified atom stereocenters. The molecule has 0 amide bonds. The van der Waals surface area contributed by atoms with Crippen molar-refractivity contribution in [3.8, 4) is 0 Å². The smallest absolute Gasteiger partial charge is 0.258 e. The molecule has 0 aromatic carbocycles. The van der Waals surface area contributed by atoms with Crippen molar-refractivity contribution in [2.75, 3.05) is 5.32 Å². The maximum atomic E-state index is 12.2. The minimum absolute atomic E-state index is 0.640. The molecule has 0 saturated carbocycles. The fourth-order valence-electron chi connectivity index (χ4n) is 0.991. The van der Waals surface area contributed by atoms with Gasteiger partial charge in [0.2, 0.25) is 0 Å². The van der Waals surface area contributed by atoms with Crippen molar-refractivity contribution >= 4 is 21.6 Å². The molecule has 0 aliphatic carbocycles. The van der Waals surface area contributed by atoms with E-state index in [1.165, 1.54) is 6.92 Å². The van der Waals surface area contributed by atoms with Crippen LogP contribution in [0.4, 0.5) is 14.5 Å². The Morgan fingerprint density at radius 3 is 2.57 bits per heavy atom. The molecule has 1 aromatic rings. The number of rotatable bonds is 3. The molecular weight excluding hydrogens is 254 g/mol. The van der Waals surface area contributed by atoms with Crippen molar-refractivity contribution in [3.63, 3.8) is 0 Å². The largest absolute Gasteiger partial charge is 0.375 e. The van der Waals surface area contributed by atoms with Crippen molar-refractivity contribution in [2.24, 2.45) is 0 Å². The van der Waals surface area contributed by atoms with E-state index >= 15 is 0 Å². The van der Waals surface area contributed by atoms with Crippen LogP contribution in [0.1, 0.15) is 12.6 Å². The third-order valence-corrected chi connectivity index (χ3v) is 2.25. The Bertz CT molecular complexity index is 318. The molecule has 0 saturated heterocycles. The second-order valence-corrected chi connectivity index (χ2v) is 3.85. The minimum atomic E-state index is -2.38. The Hall–Kier alpha value is -0.710. The van der Waals surface area contributed by atoms with Gasteiger partial charge in [0, 0.05) is 0 Å². The summed E-state index contributed by atoms with van der Waals surface area (Å²) in [5.74, 6) is 0. The van der Waals surface area contributed by atoms with E-state index < -0.39 is 12.5 Å². The number of halogens is 3. The maximum absolute atomic E-state index is 12.2. The van der Waals surface area contributed by atoms with Crippen LogP contribution in [-0.2, 0) is 0 Å². The Morgan fingerprint density at radius 2 is 2.07 bits per heavy atom. The summed E-state index contributed by atoms with van der Waals surface area (Å²) < 4.78 is 25.2. The van der Waals surface area contributed by atoms with E-state index in [4.69, 9.17) is 0 Å². The maximum Gasteiger partial charge on any atom is 0.258 e. The summed E-state index contributed by atoms with van der Waals surface area (Å²) >= 11 is 3.20. The van der Waals surface area contributed by atoms with Crippen LogP contribution in [0.25, 0.3) is 0 Å². The van der Waals surface area contributed by atoms with Gasteiger partial charge in [-0.05, 0) is 41.9 Å². The lowest BCUT2D eigenvalue weighted by atomic mass is 10.2. The Kier molecular flexibility index (Phi) is 3.80. The fraction of sp³-hybridized carbons (Fsp3) is 0.444. The third-order valence-electron chi connectivity index (χ3n) is 1.81. The van der Waals surface area contributed by atoms with E-state index in [-0.39, 0.29) is 0 Å². The zero-order valence-corrected chi connectivity index (χ0v) is 9.48. The molecule has 0 spiro atoms. The fourth-order valence-corrected chi connectivity index (χ4v) is 1.39. The number of aryl methyl sites for hydroxylation is 1. The first-order chi connectivity index (χ1) is 6.50. The van der Waals surface area contributed by atoms with Crippen LogP contribution in [0.2, 0.25) is 0 Å². The molecule has 14 heavy (non-hydrogen) atoms. The van der Waals surface area contributed by atoms with Crippen LogP contribution in [0.3, 0.4) is 0 Å². The van der Waals surface area contributed by atoms with Gasteiger partial charge >= 0.3 is 0 Å². The first-order valence-electron chi connectivity index (χ1n) is 4.18. The Morgan fingerprint density at radius 1 is 1.43 bits per heavy atom. The van der Waals surface area contributed by atoms with E-state index in [9.17, 15) is 8.78 Å². The standard InChI is InChI=1S/C9H11BrF2N2/c1-5-7(3-4-8(10)14-5)13-6(2)9(11)12/h3-4,6,9,13H,1-2H3. The van der Waals surface area contributed by atoms with Gasteiger partial charge in [0.15, 0.2) is 0 Å². The van der Waals surface area contributed by atoms with Gasteiger partial charge in [-0.3, -0.25) is 0 Å². The summed E-state index contributed by atoms with van der Waals surface area (Å²) in [6.07, 6.45) is -2.38. The normalized spacial score (nSPS) is 13.0. The van der Waals surface area contributed by atoms with E-state index in [1.807, 2.05) is 0 Å². The number of hydrogen-bond donors (Lipinski definition) is 1. The van der Waals surface area contributed by atoms with Gasteiger partial charge in [-0.1, -0.05) is 0 Å². The molecule has 1 aromatic heterocycles. The number of alkyl halides is 2. The summed E-state index contributed by atoms with van der Waals surface area (Å²) in [6.45, 7) is 3.21. The van der Waals surface area contributed by atoms with Crippen molar-refractivity contribution in [2.45, 2.75) is 26.3 Å². The quantitative estimate of drug-likeness (QED) is 0.849. The molecule has 1 atom stereocenters. The molecule has 1 rings (SSSR count). The van der Waals surface area contributed by atoms with Crippen molar-refractivity contribution < 1.29 is 8.78 Å². The monoisotopic (exact) mass is 264 g/mol. The number of anilines is 1.